The monoisotopic (exact) mass is 352 g/mol. The fourth-order valence-corrected chi connectivity index (χ4v) is 2.91. The molecule has 0 aromatic heterocycles. The van der Waals surface area contributed by atoms with E-state index in [1.54, 1.807) is 16.7 Å². The average molecular weight is 352 g/mol. The van der Waals surface area contributed by atoms with Gasteiger partial charge in [0.1, 0.15) is 0 Å². The van der Waals surface area contributed by atoms with Gasteiger partial charge in [-0.15, -0.1) is 11.8 Å². The van der Waals surface area contributed by atoms with Crippen LogP contribution in [-0.2, 0) is 19.1 Å². The second-order valence-electron chi connectivity index (χ2n) is 5.41. The van der Waals surface area contributed by atoms with Gasteiger partial charge in [0.15, 0.2) is 6.10 Å². The van der Waals surface area contributed by atoms with Gasteiger partial charge >= 0.3 is 5.97 Å². The first-order chi connectivity index (χ1) is 11.5. The standard InChI is InChI=1S/C16H20N2O5S/c1-23-13(16(21)22)8-17-15(20)10-7-14(19)18(9-10)11-3-5-12(24-2)6-4-11/h3-6,10,13H,7-9H2,1-2H3,(H,17,20)(H,21,22). The summed E-state index contributed by atoms with van der Waals surface area (Å²) in [6.07, 6.45) is 0.989. The SMILES string of the molecule is COC(CNC(=O)C1CC(=O)N(c2ccc(SC)cc2)C1)C(=O)O. The van der Waals surface area contributed by atoms with Gasteiger partial charge in [-0.1, -0.05) is 0 Å². The van der Waals surface area contributed by atoms with Crippen molar-refractivity contribution in [2.45, 2.75) is 17.4 Å². The second-order valence-corrected chi connectivity index (χ2v) is 6.29. The van der Waals surface area contributed by atoms with E-state index in [4.69, 9.17) is 9.84 Å². The third-order valence-corrected chi connectivity index (χ3v) is 4.65. The predicted molar refractivity (Wildman–Crippen MR) is 90.1 cm³/mol. The first-order valence-corrected chi connectivity index (χ1v) is 8.66. The molecule has 0 aliphatic carbocycles. The van der Waals surface area contributed by atoms with E-state index in [0.29, 0.717) is 0 Å². The van der Waals surface area contributed by atoms with Gasteiger partial charge in [-0.2, -0.15) is 0 Å². The number of benzene rings is 1. The third-order valence-electron chi connectivity index (χ3n) is 3.90. The molecule has 0 saturated carbocycles. The van der Waals surface area contributed by atoms with Crippen LogP contribution in [0.4, 0.5) is 5.69 Å². The Morgan fingerprint density at radius 3 is 2.62 bits per heavy atom. The van der Waals surface area contributed by atoms with Crippen molar-refractivity contribution in [2.75, 3.05) is 31.4 Å². The van der Waals surface area contributed by atoms with Gasteiger partial charge < -0.3 is 20.1 Å². The minimum Gasteiger partial charge on any atom is -0.479 e. The van der Waals surface area contributed by atoms with Gasteiger partial charge in [-0.3, -0.25) is 9.59 Å². The van der Waals surface area contributed by atoms with Crippen molar-refractivity contribution >= 4 is 35.2 Å². The van der Waals surface area contributed by atoms with Crippen LogP contribution in [0, 0.1) is 5.92 Å². The van der Waals surface area contributed by atoms with E-state index in [0.717, 1.165) is 10.6 Å². The first kappa shape index (κ1) is 18.3. The van der Waals surface area contributed by atoms with Crippen LogP contribution in [0.1, 0.15) is 6.42 Å². The summed E-state index contributed by atoms with van der Waals surface area (Å²) in [6, 6.07) is 7.57. The molecule has 1 aliphatic rings. The Kier molecular flexibility index (Phi) is 6.22. The quantitative estimate of drug-likeness (QED) is 0.710. The molecular formula is C16H20N2O5S. The van der Waals surface area contributed by atoms with Gasteiger partial charge in [0.25, 0.3) is 0 Å². The van der Waals surface area contributed by atoms with E-state index in [9.17, 15) is 14.4 Å². The molecule has 2 rings (SSSR count). The molecule has 2 N–H and O–H groups in total. The molecule has 1 aromatic carbocycles. The maximum absolute atomic E-state index is 12.2. The molecule has 130 valence electrons. The lowest BCUT2D eigenvalue weighted by Gasteiger charge is -2.17. The lowest BCUT2D eigenvalue weighted by atomic mass is 10.1. The Hall–Kier alpha value is -2.06. The van der Waals surface area contributed by atoms with Gasteiger partial charge in [0.05, 0.1) is 12.5 Å². The molecule has 1 saturated heterocycles. The number of nitrogens with zero attached hydrogens (tertiary/aromatic N) is 1. The minimum absolute atomic E-state index is 0.112. The van der Waals surface area contributed by atoms with E-state index in [-0.39, 0.29) is 31.3 Å². The fraction of sp³-hybridized carbons (Fsp3) is 0.438. The molecule has 0 radical (unpaired) electrons. The molecule has 0 bridgehead atoms. The number of hydrogen-bond acceptors (Lipinski definition) is 5. The number of nitrogens with one attached hydrogen (secondary N) is 1. The predicted octanol–water partition coefficient (Wildman–Crippen LogP) is 0.977. The molecule has 8 heteroatoms. The smallest absolute Gasteiger partial charge is 0.334 e. The number of carboxylic acid groups (broad SMARTS) is 1. The zero-order valence-corrected chi connectivity index (χ0v) is 14.3. The topological polar surface area (TPSA) is 95.9 Å². The van der Waals surface area contributed by atoms with Gasteiger partial charge in [-0.25, -0.2) is 4.79 Å². The number of methoxy groups -OCH3 is 1. The molecule has 1 aliphatic heterocycles. The summed E-state index contributed by atoms with van der Waals surface area (Å²) >= 11 is 1.61. The lowest BCUT2D eigenvalue weighted by Crippen LogP contribution is -2.41. The molecule has 1 fully saturated rings. The summed E-state index contributed by atoms with van der Waals surface area (Å²) in [4.78, 5) is 37.9. The molecular weight excluding hydrogens is 332 g/mol. The van der Waals surface area contributed by atoms with E-state index < -0.39 is 18.0 Å². The van der Waals surface area contributed by atoms with Crippen LogP contribution >= 0.6 is 11.8 Å². The number of thioether (sulfide) groups is 1. The van der Waals surface area contributed by atoms with E-state index >= 15 is 0 Å². The van der Waals surface area contributed by atoms with Crippen molar-refractivity contribution in [3.8, 4) is 0 Å². The minimum atomic E-state index is -1.14. The van der Waals surface area contributed by atoms with Crippen LogP contribution in [0.3, 0.4) is 0 Å². The molecule has 2 amide bonds. The average Bonchev–Trinajstić information content (AvgIpc) is 2.97. The fourth-order valence-electron chi connectivity index (χ4n) is 2.50. The number of aliphatic carboxylic acids is 1. The molecule has 2 atom stereocenters. The highest BCUT2D eigenvalue weighted by molar-refractivity contribution is 7.98. The summed E-state index contributed by atoms with van der Waals surface area (Å²) in [5, 5.41) is 11.4. The number of anilines is 1. The number of carboxylic acids is 1. The van der Waals surface area contributed by atoms with Crippen LogP contribution in [0.15, 0.2) is 29.2 Å². The summed E-state index contributed by atoms with van der Waals surface area (Å²) in [6.45, 7) is 0.159. The molecule has 7 nitrogen and oxygen atoms in total. The molecule has 1 heterocycles. The Balaban J connectivity index is 1.95. The van der Waals surface area contributed by atoms with Crippen LogP contribution < -0.4 is 10.2 Å². The largest absolute Gasteiger partial charge is 0.479 e. The van der Waals surface area contributed by atoms with Crippen molar-refractivity contribution in [1.82, 2.24) is 5.32 Å². The number of carbonyl (C=O) groups excluding carboxylic acids is 2. The maximum atomic E-state index is 12.2. The summed E-state index contributed by atoms with van der Waals surface area (Å²) in [5.74, 6) is -2.09. The zero-order valence-electron chi connectivity index (χ0n) is 13.5. The number of rotatable bonds is 7. The maximum Gasteiger partial charge on any atom is 0.334 e. The van der Waals surface area contributed by atoms with E-state index in [1.165, 1.54) is 7.11 Å². The van der Waals surface area contributed by atoms with Crippen molar-refractivity contribution in [3.05, 3.63) is 24.3 Å². The number of hydrogen-bond donors (Lipinski definition) is 2. The van der Waals surface area contributed by atoms with Crippen molar-refractivity contribution in [1.29, 1.82) is 0 Å². The highest BCUT2D eigenvalue weighted by atomic mass is 32.2. The zero-order chi connectivity index (χ0) is 17.7. The molecule has 0 spiro atoms. The van der Waals surface area contributed by atoms with Crippen molar-refractivity contribution in [3.63, 3.8) is 0 Å². The highest BCUT2D eigenvalue weighted by Crippen LogP contribution is 2.27. The normalized spacial score (nSPS) is 18.5. The first-order valence-electron chi connectivity index (χ1n) is 7.44. The number of ether oxygens (including phenoxy) is 1. The van der Waals surface area contributed by atoms with Crippen LogP contribution in [0.2, 0.25) is 0 Å². The summed E-state index contributed by atoms with van der Waals surface area (Å²) in [7, 11) is 1.27. The van der Waals surface area contributed by atoms with Gasteiger partial charge in [0.2, 0.25) is 11.8 Å². The Morgan fingerprint density at radius 1 is 1.42 bits per heavy atom. The van der Waals surface area contributed by atoms with Crippen LogP contribution in [-0.4, -0.2) is 55.4 Å². The number of amides is 2. The van der Waals surface area contributed by atoms with Gasteiger partial charge in [-0.05, 0) is 30.5 Å². The van der Waals surface area contributed by atoms with Crippen LogP contribution in [0.5, 0.6) is 0 Å². The van der Waals surface area contributed by atoms with Crippen LogP contribution in [0.25, 0.3) is 0 Å². The summed E-state index contributed by atoms with van der Waals surface area (Å²) in [5.41, 5.74) is 0.758. The Bertz CT molecular complexity index is 619. The Labute approximate surface area is 144 Å². The van der Waals surface area contributed by atoms with Crippen molar-refractivity contribution in [2.24, 2.45) is 5.92 Å². The van der Waals surface area contributed by atoms with E-state index in [1.807, 2.05) is 30.5 Å². The third kappa shape index (κ3) is 4.27. The molecule has 1 aromatic rings. The number of carbonyl (C=O) groups is 3. The summed E-state index contributed by atoms with van der Waals surface area (Å²) < 4.78 is 4.76. The lowest BCUT2D eigenvalue weighted by molar-refractivity contribution is -0.148. The van der Waals surface area contributed by atoms with Gasteiger partial charge in [0, 0.05) is 30.7 Å². The van der Waals surface area contributed by atoms with E-state index in [2.05, 4.69) is 5.32 Å². The highest BCUT2D eigenvalue weighted by Gasteiger charge is 2.35. The second kappa shape index (κ2) is 8.16. The molecule has 2 unspecified atom stereocenters. The molecule has 24 heavy (non-hydrogen) atoms. The Morgan fingerprint density at radius 2 is 2.08 bits per heavy atom. The van der Waals surface area contributed by atoms with Crippen molar-refractivity contribution < 1.29 is 24.2 Å².